The van der Waals surface area contributed by atoms with Crippen LogP contribution in [-0.2, 0) is 10.0 Å². The number of hydrogen-bond donors (Lipinski definition) is 2. The minimum atomic E-state index is -3.48. The predicted octanol–water partition coefficient (Wildman–Crippen LogP) is 4.67. The Morgan fingerprint density at radius 2 is 1.85 bits per heavy atom. The number of pyridine rings is 1. The highest BCUT2D eigenvalue weighted by atomic mass is 32.2. The van der Waals surface area contributed by atoms with Gasteiger partial charge in [0.2, 0.25) is 10.0 Å². The molecule has 1 aliphatic carbocycles. The number of aromatic nitrogens is 5. The first-order valence-corrected chi connectivity index (χ1v) is 14.6. The summed E-state index contributed by atoms with van der Waals surface area (Å²) < 4.78 is 60.3. The van der Waals surface area contributed by atoms with Crippen molar-refractivity contribution in [2.75, 3.05) is 17.8 Å². The fraction of sp³-hybridized carbons (Fsp3) is 0.250. The molecule has 1 saturated carbocycles. The summed E-state index contributed by atoms with van der Waals surface area (Å²) in [5.41, 5.74) is 4.05. The van der Waals surface area contributed by atoms with Gasteiger partial charge in [0, 0.05) is 47.8 Å². The van der Waals surface area contributed by atoms with Crippen molar-refractivity contribution < 1.29 is 17.2 Å². The van der Waals surface area contributed by atoms with Crippen molar-refractivity contribution in [3.05, 3.63) is 79.0 Å². The number of halogens is 2. The van der Waals surface area contributed by atoms with Gasteiger partial charge in [0.05, 0.1) is 34.2 Å². The van der Waals surface area contributed by atoms with Crippen LogP contribution in [0, 0.1) is 11.6 Å². The molecule has 40 heavy (non-hydrogen) atoms. The van der Waals surface area contributed by atoms with Crippen LogP contribution in [0.25, 0.3) is 39.0 Å². The van der Waals surface area contributed by atoms with E-state index in [9.17, 15) is 12.8 Å². The number of benzene rings is 2. The molecule has 4 heterocycles. The average Bonchev–Trinajstić information content (AvgIpc) is 3.30. The second-order valence-corrected chi connectivity index (χ2v) is 12.2. The van der Waals surface area contributed by atoms with E-state index in [0.29, 0.717) is 40.7 Å². The van der Waals surface area contributed by atoms with Crippen LogP contribution in [0.1, 0.15) is 25.3 Å². The first-order chi connectivity index (χ1) is 19.4. The van der Waals surface area contributed by atoms with Gasteiger partial charge in [-0.25, -0.2) is 27.2 Å². The van der Waals surface area contributed by atoms with Crippen molar-refractivity contribution in [3.63, 3.8) is 0 Å². The first kappa shape index (κ1) is 24.9. The highest BCUT2D eigenvalue weighted by Gasteiger charge is 2.36. The molecule has 3 aromatic heterocycles. The van der Waals surface area contributed by atoms with Crippen LogP contribution in [0.4, 0.5) is 14.6 Å². The molecule has 2 N–H and O–H groups in total. The van der Waals surface area contributed by atoms with E-state index < -0.39 is 21.7 Å². The minimum absolute atomic E-state index is 0.210. The second kappa shape index (κ2) is 9.49. The number of imidazole rings is 1. The third-order valence-corrected chi connectivity index (χ3v) is 9.31. The molecule has 0 amide bonds. The van der Waals surface area contributed by atoms with Crippen LogP contribution in [0.2, 0.25) is 0 Å². The lowest BCUT2D eigenvalue weighted by Crippen LogP contribution is -2.18. The van der Waals surface area contributed by atoms with E-state index in [-0.39, 0.29) is 22.7 Å². The Bertz CT molecular complexity index is 1860. The summed E-state index contributed by atoms with van der Waals surface area (Å²) in [4.78, 5) is 8.83. The van der Waals surface area contributed by atoms with Gasteiger partial charge in [-0.15, -0.1) is 0 Å². The van der Waals surface area contributed by atoms with Crippen molar-refractivity contribution in [1.29, 1.82) is 0 Å². The lowest BCUT2D eigenvalue weighted by atomic mass is 9.94. The molecular formula is C28H25F2N7O2S. The van der Waals surface area contributed by atoms with Gasteiger partial charge in [0.15, 0.2) is 0 Å². The summed E-state index contributed by atoms with van der Waals surface area (Å²) in [6.07, 6.45) is 9.07. The van der Waals surface area contributed by atoms with Crippen LogP contribution >= 0.6 is 0 Å². The molecule has 2 aliphatic rings. The molecule has 1 aliphatic heterocycles. The predicted molar refractivity (Wildman–Crippen MR) is 148 cm³/mol. The topological polar surface area (TPSA) is 107 Å². The fourth-order valence-corrected chi connectivity index (χ4v) is 6.60. The molecule has 12 heteroatoms. The molecule has 0 bridgehead atoms. The van der Waals surface area contributed by atoms with Crippen molar-refractivity contribution in [1.82, 2.24) is 29.6 Å². The van der Waals surface area contributed by atoms with E-state index in [1.807, 2.05) is 23.0 Å². The zero-order valence-corrected chi connectivity index (χ0v) is 22.1. The first-order valence-electron chi connectivity index (χ1n) is 13.1. The molecule has 204 valence electrons. The highest BCUT2D eigenvalue weighted by Crippen LogP contribution is 2.40. The quantitative estimate of drug-likeness (QED) is 0.299. The van der Waals surface area contributed by atoms with Gasteiger partial charge in [0.25, 0.3) is 0 Å². The molecule has 7 rings (SSSR count). The van der Waals surface area contributed by atoms with E-state index in [1.165, 1.54) is 18.3 Å². The maximum absolute atomic E-state index is 15.2. The molecule has 1 saturated heterocycles. The van der Waals surface area contributed by atoms with Crippen molar-refractivity contribution in [2.24, 2.45) is 0 Å². The van der Waals surface area contributed by atoms with Gasteiger partial charge < -0.3 is 5.32 Å². The molecule has 1 atom stereocenters. The Morgan fingerprint density at radius 1 is 1.00 bits per heavy atom. The van der Waals surface area contributed by atoms with Gasteiger partial charge >= 0.3 is 0 Å². The molecule has 1 unspecified atom stereocenters. The van der Waals surface area contributed by atoms with Crippen molar-refractivity contribution >= 4 is 26.9 Å². The summed E-state index contributed by atoms with van der Waals surface area (Å²) in [6, 6.07) is 10.9. The summed E-state index contributed by atoms with van der Waals surface area (Å²) in [5.74, 6) is -1.15. The van der Waals surface area contributed by atoms with Crippen LogP contribution in [0.5, 0.6) is 0 Å². The molecule has 5 aromatic rings. The van der Waals surface area contributed by atoms with Gasteiger partial charge in [-0.05, 0) is 55.6 Å². The van der Waals surface area contributed by atoms with Gasteiger partial charge in [0.1, 0.15) is 23.8 Å². The second-order valence-electron chi connectivity index (χ2n) is 10.2. The van der Waals surface area contributed by atoms with Gasteiger partial charge in [-0.2, -0.15) is 5.10 Å². The third-order valence-electron chi connectivity index (χ3n) is 7.47. The maximum Gasteiger partial charge on any atom is 0.236 e. The van der Waals surface area contributed by atoms with Crippen LogP contribution in [0.15, 0.2) is 67.4 Å². The number of sulfonamides is 1. The van der Waals surface area contributed by atoms with Crippen LogP contribution < -0.4 is 10.0 Å². The third kappa shape index (κ3) is 4.42. The van der Waals surface area contributed by atoms with E-state index in [2.05, 4.69) is 25.1 Å². The van der Waals surface area contributed by atoms with Crippen LogP contribution in [0.3, 0.4) is 0 Å². The molecule has 2 aromatic carbocycles. The number of anilines is 1. The molecular weight excluding hydrogens is 536 g/mol. The summed E-state index contributed by atoms with van der Waals surface area (Å²) in [7, 11) is -3.48. The Balaban J connectivity index is 1.36. The number of hydrogen-bond acceptors (Lipinski definition) is 6. The smallest absolute Gasteiger partial charge is 0.236 e. The Morgan fingerprint density at radius 3 is 2.62 bits per heavy atom. The average molecular weight is 562 g/mol. The van der Waals surface area contributed by atoms with E-state index in [0.717, 1.165) is 31.1 Å². The summed E-state index contributed by atoms with van der Waals surface area (Å²) >= 11 is 0. The number of fused-ring (bicyclic) bond motifs is 1. The standard InChI is InChI=1S/C28H25F2N7O2S/c29-18-1-4-23(24(30)11-18)27-22(17-13-34-37(15-17)20-7-9-31-14-20)5-6-25-28(27)33-16-36(25)19-8-10-32-26(12-19)35-40(38,39)21-2-3-21/h1,4-6,8,10-13,15-16,20-21,31H,2-3,7,9,14H2,(H,32,35). The summed E-state index contributed by atoms with van der Waals surface area (Å²) in [5, 5.41) is 7.52. The molecule has 2 fully saturated rings. The fourth-order valence-electron chi connectivity index (χ4n) is 5.27. The van der Waals surface area contributed by atoms with Crippen LogP contribution in [-0.4, -0.2) is 51.1 Å². The zero-order valence-electron chi connectivity index (χ0n) is 21.3. The zero-order chi connectivity index (χ0) is 27.4. The highest BCUT2D eigenvalue weighted by molar-refractivity contribution is 7.93. The normalized spacial score (nSPS) is 17.5. The lowest BCUT2D eigenvalue weighted by molar-refractivity contribution is 0.491. The van der Waals surface area contributed by atoms with E-state index in [1.54, 1.807) is 29.2 Å². The molecule has 9 nitrogen and oxygen atoms in total. The van der Waals surface area contributed by atoms with Crippen molar-refractivity contribution in [3.8, 4) is 27.9 Å². The number of nitrogens with zero attached hydrogens (tertiary/aromatic N) is 5. The monoisotopic (exact) mass is 561 g/mol. The molecule has 0 radical (unpaired) electrons. The SMILES string of the molecule is O=S(=O)(Nc1cc(-n2cnc3c(-c4ccc(F)cc4F)c(-c4cnn(C5CCNC5)c4)ccc32)ccn1)C1CC1. The Labute approximate surface area is 228 Å². The largest absolute Gasteiger partial charge is 0.315 e. The minimum Gasteiger partial charge on any atom is -0.315 e. The van der Waals surface area contributed by atoms with E-state index in [4.69, 9.17) is 0 Å². The Kier molecular flexibility index (Phi) is 5.90. The Hall–Kier alpha value is -4.16. The van der Waals surface area contributed by atoms with Gasteiger partial charge in [-0.1, -0.05) is 6.07 Å². The molecule has 0 spiro atoms. The van der Waals surface area contributed by atoms with Crippen molar-refractivity contribution in [2.45, 2.75) is 30.6 Å². The summed E-state index contributed by atoms with van der Waals surface area (Å²) in [6.45, 7) is 1.75. The number of rotatable bonds is 7. The lowest BCUT2D eigenvalue weighted by Gasteiger charge is -2.13. The maximum atomic E-state index is 15.2. The van der Waals surface area contributed by atoms with E-state index >= 15 is 4.39 Å². The number of nitrogens with one attached hydrogen (secondary N) is 2. The van der Waals surface area contributed by atoms with Gasteiger partial charge in [-0.3, -0.25) is 14.0 Å².